The molecule has 0 radical (unpaired) electrons. The van der Waals surface area contributed by atoms with Gasteiger partial charge < -0.3 is 4.74 Å². The van der Waals surface area contributed by atoms with E-state index in [2.05, 4.69) is 20.7 Å². The Labute approximate surface area is 112 Å². The molecule has 1 aromatic carbocycles. The topological polar surface area (TPSA) is 26.3 Å². The van der Waals surface area contributed by atoms with Gasteiger partial charge in [0.2, 0.25) is 0 Å². The Bertz CT molecular complexity index is 403. The Balaban J connectivity index is 0.00000137. The molecule has 0 N–H and O–H groups in total. The first kappa shape index (κ1) is 17.0. The van der Waals surface area contributed by atoms with E-state index >= 15 is 0 Å². The van der Waals surface area contributed by atoms with Gasteiger partial charge >= 0.3 is 12.1 Å². The molecule has 0 unspecified atom stereocenters. The summed E-state index contributed by atoms with van der Waals surface area (Å²) < 4.78 is 42.2. The zero-order chi connectivity index (χ0) is 14.3. The molecule has 1 aromatic rings. The number of hydrogen-bond donors (Lipinski definition) is 0. The monoisotopic (exact) mass is 326 g/mol. The van der Waals surface area contributed by atoms with Gasteiger partial charge in [0.25, 0.3) is 0 Å². The van der Waals surface area contributed by atoms with E-state index in [1.165, 1.54) is 12.1 Å². The Morgan fingerprint density at radius 1 is 1.33 bits per heavy atom. The fourth-order valence-electron chi connectivity index (χ4n) is 1.20. The summed E-state index contributed by atoms with van der Waals surface area (Å²) in [6, 6.07) is 3.35. The summed E-state index contributed by atoms with van der Waals surface area (Å²) in [6.07, 6.45) is -4.48. The summed E-state index contributed by atoms with van der Waals surface area (Å²) in [4.78, 5) is 11.1. The molecule has 0 aliphatic carbocycles. The van der Waals surface area contributed by atoms with Gasteiger partial charge in [0.15, 0.2) is 0 Å². The van der Waals surface area contributed by atoms with Crippen molar-refractivity contribution in [1.82, 2.24) is 0 Å². The SMILES string of the molecule is CC.COC(=O)c1ccc(CBr)c(C(F)(F)F)c1. The second kappa shape index (κ2) is 7.41. The molecule has 18 heavy (non-hydrogen) atoms. The van der Waals surface area contributed by atoms with E-state index < -0.39 is 17.7 Å². The molecule has 0 spiro atoms. The van der Waals surface area contributed by atoms with E-state index in [1.54, 1.807) is 0 Å². The molecule has 0 aliphatic heterocycles. The number of benzene rings is 1. The predicted molar refractivity (Wildman–Crippen MR) is 66.8 cm³/mol. The molecule has 0 bridgehead atoms. The minimum atomic E-state index is -4.48. The highest BCUT2D eigenvalue weighted by Gasteiger charge is 2.33. The van der Waals surface area contributed by atoms with Crippen LogP contribution in [-0.4, -0.2) is 13.1 Å². The third-order valence-corrected chi connectivity index (χ3v) is 2.58. The lowest BCUT2D eigenvalue weighted by Gasteiger charge is -2.12. The van der Waals surface area contributed by atoms with E-state index in [-0.39, 0.29) is 16.5 Å². The van der Waals surface area contributed by atoms with Crippen LogP contribution in [0.25, 0.3) is 0 Å². The van der Waals surface area contributed by atoms with Crippen LogP contribution in [0.3, 0.4) is 0 Å². The Morgan fingerprint density at radius 2 is 1.89 bits per heavy atom. The van der Waals surface area contributed by atoms with E-state index in [4.69, 9.17) is 0 Å². The van der Waals surface area contributed by atoms with Crippen LogP contribution in [0.4, 0.5) is 13.2 Å². The molecule has 0 aliphatic rings. The molecule has 0 aromatic heterocycles. The summed E-state index contributed by atoms with van der Waals surface area (Å²) in [6.45, 7) is 4.00. The molecule has 0 fully saturated rings. The van der Waals surface area contributed by atoms with Gasteiger partial charge in [0.05, 0.1) is 18.2 Å². The van der Waals surface area contributed by atoms with Gasteiger partial charge in [0, 0.05) is 5.33 Å². The first-order valence-electron chi connectivity index (χ1n) is 5.24. The number of ether oxygens (including phenoxy) is 1. The van der Waals surface area contributed by atoms with Crippen molar-refractivity contribution in [2.45, 2.75) is 25.4 Å². The van der Waals surface area contributed by atoms with E-state index in [1.807, 2.05) is 13.8 Å². The first-order chi connectivity index (χ1) is 8.40. The Kier molecular flexibility index (Phi) is 6.98. The summed E-state index contributed by atoms with van der Waals surface area (Å²) in [5.41, 5.74) is -0.855. The average Bonchev–Trinajstić information content (AvgIpc) is 2.38. The second-order valence-electron chi connectivity index (χ2n) is 2.99. The number of halogens is 4. The number of carbonyl (C=O) groups is 1. The van der Waals surface area contributed by atoms with Gasteiger partial charge in [-0.15, -0.1) is 0 Å². The maximum Gasteiger partial charge on any atom is 0.416 e. The molecule has 0 atom stereocenters. The lowest BCUT2D eigenvalue weighted by atomic mass is 10.0. The molecule has 0 heterocycles. The second-order valence-corrected chi connectivity index (χ2v) is 3.56. The number of esters is 1. The highest BCUT2D eigenvalue weighted by molar-refractivity contribution is 9.08. The average molecular weight is 327 g/mol. The largest absolute Gasteiger partial charge is 0.465 e. The molecular formula is C12H14BrF3O2. The van der Waals surface area contributed by atoms with Crippen LogP contribution in [0.1, 0.15) is 35.3 Å². The number of alkyl halides is 4. The van der Waals surface area contributed by atoms with Crippen molar-refractivity contribution >= 4 is 21.9 Å². The summed E-state index contributed by atoms with van der Waals surface area (Å²) in [5.74, 6) is -0.786. The molecule has 0 amide bonds. The lowest BCUT2D eigenvalue weighted by Crippen LogP contribution is -2.11. The molecule has 2 nitrogen and oxygen atoms in total. The smallest absolute Gasteiger partial charge is 0.416 e. The highest BCUT2D eigenvalue weighted by Crippen LogP contribution is 2.33. The van der Waals surface area contributed by atoms with E-state index in [9.17, 15) is 18.0 Å². The third kappa shape index (κ3) is 4.33. The first-order valence-corrected chi connectivity index (χ1v) is 6.36. The van der Waals surface area contributed by atoms with Gasteiger partial charge in [-0.1, -0.05) is 35.8 Å². The van der Waals surface area contributed by atoms with Gasteiger partial charge in [-0.05, 0) is 17.7 Å². The predicted octanol–water partition coefficient (Wildman–Crippen LogP) is 4.41. The third-order valence-electron chi connectivity index (χ3n) is 1.98. The van der Waals surface area contributed by atoms with Crippen LogP contribution >= 0.6 is 15.9 Å². The molecule has 0 saturated carbocycles. The summed E-state index contributed by atoms with van der Waals surface area (Å²) >= 11 is 2.96. The number of methoxy groups -OCH3 is 1. The van der Waals surface area contributed by atoms with Crippen LogP contribution in [-0.2, 0) is 16.2 Å². The molecule has 6 heteroatoms. The van der Waals surface area contributed by atoms with Crippen molar-refractivity contribution in [3.05, 3.63) is 34.9 Å². The zero-order valence-electron chi connectivity index (χ0n) is 10.3. The fourth-order valence-corrected chi connectivity index (χ4v) is 1.69. The van der Waals surface area contributed by atoms with Crippen LogP contribution in [0.2, 0.25) is 0 Å². The highest BCUT2D eigenvalue weighted by atomic mass is 79.9. The van der Waals surface area contributed by atoms with Crippen LogP contribution < -0.4 is 0 Å². The van der Waals surface area contributed by atoms with Gasteiger partial charge in [-0.3, -0.25) is 0 Å². The number of carbonyl (C=O) groups excluding carboxylic acids is 1. The normalized spacial score (nSPS) is 10.4. The zero-order valence-corrected chi connectivity index (χ0v) is 11.9. The maximum absolute atomic E-state index is 12.6. The molecule has 1 rings (SSSR count). The summed E-state index contributed by atoms with van der Waals surface area (Å²) in [5, 5.41) is 0.0727. The Morgan fingerprint density at radius 3 is 2.28 bits per heavy atom. The van der Waals surface area contributed by atoms with Crippen LogP contribution in [0.5, 0.6) is 0 Å². The van der Waals surface area contributed by atoms with Gasteiger partial charge in [0.1, 0.15) is 0 Å². The minimum absolute atomic E-state index is 0.0727. The lowest BCUT2D eigenvalue weighted by molar-refractivity contribution is -0.138. The Hall–Kier alpha value is -1.04. The summed E-state index contributed by atoms with van der Waals surface area (Å²) in [7, 11) is 1.12. The number of hydrogen-bond acceptors (Lipinski definition) is 2. The van der Waals surface area contributed by atoms with Crippen molar-refractivity contribution in [2.24, 2.45) is 0 Å². The van der Waals surface area contributed by atoms with Crippen molar-refractivity contribution in [3.8, 4) is 0 Å². The number of rotatable bonds is 2. The minimum Gasteiger partial charge on any atom is -0.465 e. The van der Waals surface area contributed by atoms with Crippen molar-refractivity contribution in [2.75, 3.05) is 7.11 Å². The molecular weight excluding hydrogens is 313 g/mol. The van der Waals surface area contributed by atoms with E-state index in [0.717, 1.165) is 13.2 Å². The fraction of sp³-hybridized carbons (Fsp3) is 0.417. The van der Waals surface area contributed by atoms with Crippen LogP contribution in [0, 0.1) is 0 Å². The van der Waals surface area contributed by atoms with Gasteiger partial charge in [-0.25, -0.2) is 4.79 Å². The maximum atomic E-state index is 12.6. The van der Waals surface area contributed by atoms with Crippen molar-refractivity contribution in [1.29, 1.82) is 0 Å². The molecule has 102 valence electrons. The van der Waals surface area contributed by atoms with E-state index in [0.29, 0.717) is 0 Å². The van der Waals surface area contributed by atoms with Crippen molar-refractivity contribution in [3.63, 3.8) is 0 Å². The van der Waals surface area contributed by atoms with Crippen LogP contribution in [0.15, 0.2) is 18.2 Å². The van der Waals surface area contributed by atoms with Gasteiger partial charge in [-0.2, -0.15) is 13.2 Å². The molecule has 0 saturated heterocycles. The standard InChI is InChI=1S/C10H8BrF3O2.C2H6/c1-16-9(15)6-2-3-7(5-11)8(4-6)10(12,13)14;1-2/h2-4H,5H2,1H3;1-2H3. The van der Waals surface area contributed by atoms with Crippen molar-refractivity contribution < 1.29 is 22.7 Å². The quantitative estimate of drug-likeness (QED) is 0.594.